The number of carbonyl (C=O) groups excluding carboxylic acids is 1. The van der Waals surface area contributed by atoms with Crippen molar-refractivity contribution in [2.45, 2.75) is 0 Å². The highest BCUT2D eigenvalue weighted by molar-refractivity contribution is 7.07. The lowest BCUT2D eigenvalue weighted by Crippen LogP contribution is -2.24. The fraction of sp³-hybridized carbons (Fsp3) is 0. The van der Waals surface area contributed by atoms with E-state index in [4.69, 9.17) is 4.42 Å². The number of hydrogen-bond acceptors (Lipinski definition) is 8. The van der Waals surface area contributed by atoms with Crippen molar-refractivity contribution in [1.29, 1.82) is 0 Å². The summed E-state index contributed by atoms with van der Waals surface area (Å²) < 4.78 is 7.70. The third kappa shape index (κ3) is 5.36. The van der Waals surface area contributed by atoms with Crippen LogP contribution in [0.2, 0.25) is 0 Å². The first-order valence-electron chi connectivity index (χ1n) is 12.0. The summed E-state index contributed by atoms with van der Waals surface area (Å²) in [4.78, 5) is 18.0. The minimum Gasteiger partial charge on any atom is -0.401 e. The molecule has 0 saturated carbocycles. The molecule has 3 aromatic carbocycles. The highest BCUT2D eigenvalue weighted by Crippen LogP contribution is 2.23. The second-order valence-electron chi connectivity index (χ2n) is 8.30. The average molecular weight is 532 g/mol. The van der Waals surface area contributed by atoms with Crippen LogP contribution in [0.5, 0.6) is 0 Å². The molecular formula is C29H21N7O2S. The first-order chi connectivity index (χ1) is 19.2. The van der Waals surface area contributed by atoms with Crippen LogP contribution in [-0.2, 0) is 0 Å². The molecule has 3 heterocycles. The lowest BCUT2D eigenvalue weighted by atomic mass is 10.1. The van der Waals surface area contributed by atoms with Gasteiger partial charge in [-0.05, 0) is 42.0 Å². The second-order valence-corrected chi connectivity index (χ2v) is 9.14. The molecule has 0 spiro atoms. The molecule has 0 radical (unpaired) electrons. The van der Waals surface area contributed by atoms with Gasteiger partial charge in [0.15, 0.2) is 0 Å². The summed E-state index contributed by atoms with van der Waals surface area (Å²) in [5.41, 5.74) is 6.93. The van der Waals surface area contributed by atoms with Gasteiger partial charge in [0.05, 0.1) is 5.69 Å². The molecule has 0 bridgehead atoms. The molecule has 0 fully saturated rings. The van der Waals surface area contributed by atoms with Crippen molar-refractivity contribution in [3.63, 3.8) is 0 Å². The zero-order valence-corrected chi connectivity index (χ0v) is 21.2. The molecule has 39 heavy (non-hydrogen) atoms. The second kappa shape index (κ2) is 11.0. The molecule has 3 aromatic heterocycles. The van der Waals surface area contributed by atoms with E-state index < -0.39 is 5.91 Å². The topological polar surface area (TPSA) is 110 Å². The fourth-order valence-corrected chi connectivity index (χ4v) is 4.75. The third-order valence-corrected chi connectivity index (χ3v) is 6.52. The van der Waals surface area contributed by atoms with Gasteiger partial charge in [-0.1, -0.05) is 77.9 Å². The van der Waals surface area contributed by atoms with Crippen LogP contribution in [0.25, 0.3) is 28.5 Å². The summed E-state index contributed by atoms with van der Waals surface area (Å²) >= 11 is 1.43. The number of thiazole rings is 1. The molecule has 9 nitrogen and oxygen atoms in total. The highest BCUT2D eigenvalue weighted by atomic mass is 32.1. The van der Waals surface area contributed by atoms with Gasteiger partial charge in [-0.25, -0.2) is 10.4 Å². The van der Waals surface area contributed by atoms with Crippen molar-refractivity contribution in [1.82, 2.24) is 25.2 Å². The Bertz CT molecular complexity index is 1780. The van der Waals surface area contributed by atoms with Gasteiger partial charge in [-0.15, -0.1) is 21.5 Å². The van der Waals surface area contributed by atoms with E-state index in [1.165, 1.54) is 11.3 Å². The summed E-state index contributed by atoms with van der Waals surface area (Å²) in [6.07, 6.45) is 0. The Morgan fingerprint density at radius 3 is 2.31 bits per heavy atom. The average Bonchev–Trinajstić information content (AvgIpc) is 3.65. The van der Waals surface area contributed by atoms with E-state index >= 15 is 0 Å². The van der Waals surface area contributed by atoms with Crippen LogP contribution in [0.4, 0.5) is 11.7 Å². The summed E-state index contributed by atoms with van der Waals surface area (Å²) in [6.45, 7) is 0. The van der Waals surface area contributed by atoms with E-state index in [1.807, 2.05) is 101 Å². The quantitative estimate of drug-likeness (QED) is 0.258. The van der Waals surface area contributed by atoms with Crippen LogP contribution >= 0.6 is 11.3 Å². The number of nitrogens with zero attached hydrogens (tertiary/aromatic N) is 5. The molecule has 6 rings (SSSR count). The van der Waals surface area contributed by atoms with Crippen LogP contribution in [0.1, 0.15) is 10.5 Å². The Hall–Kier alpha value is -5.35. The van der Waals surface area contributed by atoms with Crippen molar-refractivity contribution < 1.29 is 9.21 Å². The van der Waals surface area contributed by atoms with Gasteiger partial charge in [0, 0.05) is 16.8 Å². The van der Waals surface area contributed by atoms with Gasteiger partial charge in [-0.3, -0.25) is 9.36 Å². The van der Waals surface area contributed by atoms with E-state index in [-0.39, 0.29) is 17.6 Å². The molecule has 0 aliphatic rings. The Labute approximate surface area is 227 Å². The Balaban J connectivity index is 1.26. The maximum Gasteiger partial charge on any atom is 0.320 e. The van der Waals surface area contributed by atoms with Crippen molar-refractivity contribution in [2.24, 2.45) is 5.10 Å². The predicted octanol–water partition coefficient (Wildman–Crippen LogP) is 5.64. The Kier molecular flexibility index (Phi) is 6.74. The summed E-state index contributed by atoms with van der Waals surface area (Å²) in [6, 6.07) is 34.6. The van der Waals surface area contributed by atoms with Gasteiger partial charge in [0.1, 0.15) is 11.4 Å². The first-order valence-corrected chi connectivity index (χ1v) is 12.9. The molecular weight excluding hydrogens is 510 g/mol. The van der Waals surface area contributed by atoms with Crippen LogP contribution in [0.3, 0.4) is 0 Å². The number of hydrogen-bond donors (Lipinski definition) is 2. The van der Waals surface area contributed by atoms with Crippen molar-refractivity contribution in [3.8, 4) is 28.5 Å². The molecule has 0 atom stereocenters. The number of amides is 1. The van der Waals surface area contributed by atoms with Crippen LogP contribution in [-0.4, -0.2) is 25.7 Å². The Morgan fingerprint density at radius 1 is 0.821 bits per heavy atom. The molecule has 0 aliphatic carbocycles. The lowest BCUT2D eigenvalue weighted by Gasteiger charge is -2.09. The summed E-state index contributed by atoms with van der Waals surface area (Å²) in [7, 11) is 0. The molecule has 0 unspecified atom stereocenters. The number of rotatable bonds is 7. The number of anilines is 2. The minimum atomic E-state index is -0.465. The number of nitrogens with one attached hydrogen (secondary N) is 2. The monoisotopic (exact) mass is 531 g/mol. The molecule has 190 valence electrons. The SMILES string of the molecule is O=C(N/N=c1\scc(-c2ccccc2)n1-c1ccccc1)c1cccc(-c2nnc(Nc3ccccc3)o2)n1. The van der Waals surface area contributed by atoms with Crippen molar-refractivity contribution in [3.05, 3.63) is 125 Å². The van der Waals surface area contributed by atoms with E-state index in [0.29, 0.717) is 10.5 Å². The molecule has 2 N–H and O–H groups in total. The number of carbonyl (C=O) groups is 1. The van der Waals surface area contributed by atoms with E-state index in [9.17, 15) is 4.79 Å². The first kappa shape index (κ1) is 24.0. The zero-order valence-electron chi connectivity index (χ0n) is 20.4. The standard InChI is InChI=1S/C29H21N7O2S/c37-26(23-17-10-18-24(31-23)27-33-34-28(38-27)30-21-13-6-2-7-14-21)32-35-29-36(22-15-8-3-9-16-22)25(19-39-29)20-11-4-1-5-12-20/h1-19H,(H,30,34)(H,32,37)/b35-29-. The smallest absolute Gasteiger partial charge is 0.320 e. The largest absolute Gasteiger partial charge is 0.401 e. The van der Waals surface area contributed by atoms with Gasteiger partial charge in [0.25, 0.3) is 11.8 Å². The number of aromatic nitrogens is 4. The highest BCUT2D eigenvalue weighted by Gasteiger charge is 2.15. The van der Waals surface area contributed by atoms with E-state index in [0.717, 1.165) is 22.6 Å². The summed E-state index contributed by atoms with van der Waals surface area (Å²) in [5, 5.41) is 17.6. The lowest BCUT2D eigenvalue weighted by molar-refractivity contribution is 0.0948. The number of benzene rings is 3. The fourth-order valence-electron chi connectivity index (χ4n) is 3.88. The van der Waals surface area contributed by atoms with Crippen molar-refractivity contribution >= 4 is 28.9 Å². The minimum absolute atomic E-state index is 0.165. The van der Waals surface area contributed by atoms with Crippen LogP contribution in [0.15, 0.2) is 124 Å². The number of para-hydroxylation sites is 2. The van der Waals surface area contributed by atoms with Crippen LogP contribution in [0, 0.1) is 0 Å². The molecule has 0 saturated heterocycles. The van der Waals surface area contributed by atoms with Crippen LogP contribution < -0.4 is 15.5 Å². The molecule has 6 aromatic rings. The molecule has 0 aliphatic heterocycles. The maximum atomic E-state index is 13.0. The van der Waals surface area contributed by atoms with Gasteiger partial charge in [0.2, 0.25) is 4.80 Å². The molecule has 1 amide bonds. The maximum absolute atomic E-state index is 13.0. The predicted molar refractivity (Wildman–Crippen MR) is 149 cm³/mol. The summed E-state index contributed by atoms with van der Waals surface area (Å²) in [5.74, 6) is -0.277. The normalized spacial score (nSPS) is 11.3. The number of pyridine rings is 1. The van der Waals surface area contributed by atoms with Gasteiger partial charge in [-0.2, -0.15) is 0 Å². The molecule has 10 heteroatoms. The van der Waals surface area contributed by atoms with E-state index in [2.05, 4.69) is 31.0 Å². The van der Waals surface area contributed by atoms with E-state index in [1.54, 1.807) is 18.2 Å². The van der Waals surface area contributed by atoms with Gasteiger partial charge < -0.3 is 9.73 Å². The van der Waals surface area contributed by atoms with Gasteiger partial charge >= 0.3 is 6.01 Å². The third-order valence-electron chi connectivity index (χ3n) is 5.70. The van der Waals surface area contributed by atoms with Crippen molar-refractivity contribution in [2.75, 3.05) is 5.32 Å². The Morgan fingerprint density at radius 2 is 1.54 bits per heavy atom. The zero-order chi connectivity index (χ0) is 26.4.